The third-order valence-electron chi connectivity index (χ3n) is 2.05. The fourth-order valence-electron chi connectivity index (χ4n) is 1.40. The molecule has 0 N–H and O–H groups in total. The highest BCUT2D eigenvalue weighted by molar-refractivity contribution is 8.02. The summed E-state index contributed by atoms with van der Waals surface area (Å²) in [5.74, 6) is 0.779. The van der Waals surface area contributed by atoms with E-state index in [1.54, 1.807) is 0 Å². The normalized spacial score (nSPS) is 22.9. The molecule has 0 fully saturated rings. The molecule has 0 saturated carbocycles. The molecule has 16 heavy (non-hydrogen) atoms. The van der Waals surface area contributed by atoms with Gasteiger partial charge >= 0.3 is 5.97 Å². The van der Waals surface area contributed by atoms with E-state index >= 15 is 0 Å². The van der Waals surface area contributed by atoms with Gasteiger partial charge in [-0.05, 0) is 12.2 Å². The number of ether oxygens (including phenoxy) is 1. The van der Waals surface area contributed by atoms with Crippen molar-refractivity contribution in [1.82, 2.24) is 0 Å². The van der Waals surface area contributed by atoms with Gasteiger partial charge in [0.2, 0.25) is 0 Å². The van der Waals surface area contributed by atoms with Crippen LogP contribution < -0.4 is 0 Å². The zero-order chi connectivity index (χ0) is 12.2. The van der Waals surface area contributed by atoms with Crippen molar-refractivity contribution in [2.45, 2.75) is 31.9 Å². The van der Waals surface area contributed by atoms with Crippen molar-refractivity contribution in [3.8, 4) is 0 Å². The van der Waals surface area contributed by atoms with E-state index in [9.17, 15) is 13.2 Å². The molecular formula is C10H16O4S2. The summed E-state index contributed by atoms with van der Waals surface area (Å²) in [6.07, 6.45) is 1.02. The largest absolute Gasteiger partial charge is 0.429 e. The van der Waals surface area contributed by atoms with E-state index in [0.717, 1.165) is 11.2 Å². The van der Waals surface area contributed by atoms with Crippen LogP contribution in [-0.4, -0.2) is 31.1 Å². The van der Waals surface area contributed by atoms with Gasteiger partial charge in [0.1, 0.15) is 5.76 Å². The molecule has 1 atom stereocenters. The average molecular weight is 264 g/mol. The lowest BCUT2D eigenvalue weighted by molar-refractivity contribution is -0.139. The Balaban J connectivity index is 2.71. The summed E-state index contributed by atoms with van der Waals surface area (Å²) in [5, 5.41) is 0.865. The number of esters is 1. The fourth-order valence-corrected chi connectivity index (χ4v) is 4.37. The molecule has 0 bridgehead atoms. The molecule has 1 rings (SSSR count). The Morgan fingerprint density at radius 3 is 2.81 bits per heavy atom. The number of hydrogen-bond donors (Lipinski definition) is 0. The first-order valence-electron chi connectivity index (χ1n) is 5.25. The Kier molecular flexibility index (Phi) is 4.86. The molecule has 0 aromatic heterocycles. The van der Waals surface area contributed by atoms with E-state index in [2.05, 4.69) is 0 Å². The van der Waals surface area contributed by atoms with Gasteiger partial charge in [-0.3, -0.25) is 4.79 Å². The van der Waals surface area contributed by atoms with Gasteiger partial charge in [0.15, 0.2) is 9.84 Å². The molecule has 6 heteroatoms. The van der Waals surface area contributed by atoms with Gasteiger partial charge in [-0.15, -0.1) is 11.8 Å². The number of hydrogen-bond acceptors (Lipinski definition) is 5. The zero-order valence-corrected chi connectivity index (χ0v) is 11.1. The van der Waals surface area contributed by atoms with Crippen LogP contribution in [0.3, 0.4) is 0 Å². The van der Waals surface area contributed by atoms with Crippen LogP contribution in [0.25, 0.3) is 0 Å². The zero-order valence-electron chi connectivity index (χ0n) is 9.43. The lowest BCUT2D eigenvalue weighted by atomic mass is 10.3. The average Bonchev–Trinajstić information content (AvgIpc) is 2.42. The predicted molar refractivity (Wildman–Crippen MR) is 64.8 cm³/mol. The number of sulfone groups is 1. The van der Waals surface area contributed by atoms with Crippen LogP contribution in [0.2, 0.25) is 0 Å². The van der Waals surface area contributed by atoms with E-state index < -0.39 is 9.84 Å². The molecule has 0 saturated heterocycles. The van der Waals surface area contributed by atoms with Crippen LogP contribution >= 0.6 is 11.8 Å². The molecule has 4 nitrogen and oxygen atoms in total. The second-order valence-corrected chi connectivity index (χ2v) is 6.89. The number of rotatable bonds is 5. The van der Waals surface area contributed by atoms with Gasteiger partial charge in [0.05, 0.1) is 16.4 Å². The molecule has 1 heterocycles. The maximum atomic E-state index is 11.4. The number of thioether (sulfide) groups is 1. The number of carbonyl (C=O) groups excluding carboxylic acids is 1. The Morgan fingerprint density at radius 2 is 2.25 bits per heavy atom. The first-order valence-corrected chi connectivity index (χ1v) is 8.01. The van der Waals surface area contributed by atoms with Crippen LogP contribution in [0.4, 0.5) is 0 Å². The van der Waals surface area contributed by atoms with Crippen LogP contribution in [0.1, 0.15) is 26.7 Å². The molecule has 0 amide bonds. The summed E-state index contributed by atoms with van der Waals surface area (Å²) >= 11 is 1.48. The van der Waals surface area contributed by atoms with Gasteiger partial charge in [-0.1, -0.05) is 13.8 Å². The summed E-state index contributed by atoms with van der Waals surface area (Å²) in [4.78, 5) is 11.3. The number of carbonyl (C=O) groups is 1. The molecule has 0 aromatic carbocycles. The van der Waals surface area contributed by atoms with Gasteiger partial charge in [0.25, 0.3) is 0 Å². The minimum Gasteiger partial charge on any atom is -0.429 e. The standard InChI is InChI=1S/C10H16O4S2/c1-3-5-10(11)14-8-6-16(12,13)7-9(8)15-4-2/h6,9H,3-5,7H2,1-2H3. The maximum absolute atomic E-state index is 11.4. The summed E-state index contributed by atoms with van der Waals surface area (Å²) < 4.78 is 27.8. The van der Waals surface area contributed by atoms with Gasteiger partial charge in [-0.2, -0.15) is 0 Å². The molecule has 1 unspecified atom stereocenters. The molecular weight excluding hydrogens is 248 g/mol. The summed E-state index contributed by atoms with van der Waals surface area (Å²) in [7, 11) is -3.19. The Hall–Kier alpha value is -0.490. The van der Waals surface area contributed by atoms with Crippen molar-refractivity contribution in [2.24, 2.45) is 0 Å². The van der Waals surface area contributed by atoms with E-state index in [1.165, 1.54) is 11.8 Å². The molecule has 0 spiro atoms. The van der Waals surface area contributed by atoms with Crippen LogP contribution in [0.5, 0.6) is 0 Å². The van der Waals surface area contributed by atoms with E-state index in [0.29, 0.717) is 18.6 Å². The molecule has 0 aliphatic carbocycles. The SMILES string of the molecule is CCCC(=O)OC1=CS(=O)(=O)CC1SCC. The van der Waals surface area contributed by atoms with Gasteiger partial charge < -0.3 is 4.74 Å². The Labute approximate surface area is 100 Å². The highest BCUT2D eigenvalue weighted by Gasteiger charge is 2.32. The summed E-state index contributed by atoms with van der Waals surface area (Å²) in [5.41, 5.74) is 0. The predicted octanol–water partition coefficient (Wildman–Crippen LogP) is 1.72. The van der Waals surface area contributed by atoms with Crippen LogP contribution in [0, 0.1) is 0 Å². The van der Waals surface area contributed by atoms with Crippen LogP contribution in [0.15, 0.2) is 11.2 Å². The fraction of sp³-hybridized carbons (Fsp3) is 0.700. The highest BCUT2D eigenvalue weighted by atomic mass is 32.2. The Morgan fingerprint density at radius 1 is 1.56 bits per heavy atom. The second kappa shape index (κ2) is 5.72. The highest BCUT2D eigenvalue weighted by Crippen LogP contribution is 2.29. The van der Waals surface area contributed by atoms with Crippen molar-refractivity contribution in [2.75, 3.05) is 11.5 Å². The van der Waals surface area contributed by atoms with Crippen molar-refractivity contribution in [3.05, 3.63) is 11.2 Å². The quantitative estimate of drug-likeness (QED) is 0.708. The molecule has 0 radical (unpaired) electrons. The lowest BCUT2D eigenvalue weighted by Gasteiger charge is -2.11. The minimum absolute atomic E-state index is 0.0419. The minimum atomic E-state index is -3.19. The lowest BCUT2D eigenvalue weighted by Crippen LogP contribution is -2.14. The Bertz CT molecular complexity index is 384. The monoisotopic (exact) mass is 264 g/mol. The summed E-state index contributed by atoms with van der Waals surface area (Å²) in [6.45, 7) is 3.82. The van der Waals surface area contributed by atoms with E-state index in [4.69, 9.17) is 4.74 Å². The molecule has 92 valence electrons. The molecule has 1 aliphatic rings. The van der Waals surface area contributed by atoms with Crippen LogP contribution in [-0.2, 0) is 19.4 Å². The second-order valence-electron chi connectivity index (χ2n) is 3.52. The first kappa shape index (κ1) is 13.6. The topological polar surface area (TPSA) is 60.4 Å². The molecule has 0 aromatic rings. The van der Waals surface area contributed by atoms with Crippen molar-refractivity contribution in [1.29, 1.82) is 0 Å². The van der Waals surface area contributed by atoms with Crippen molar-refractivity contribution in [3.63, 3.8) is 0 Å². The third-order valence-corrected chi connectivity index (χ3v) is 4.79. The first-order chi connectivity index (χ1) is 7.48. The van der Waals surface area contributed by atoms with E-state index in [-0.39, 0.29) is 17.0 Å². The van der Waals surface area contributed by atoms with E-state index in [1.807, 2.05) is 13.8 Å². The van der Waals surface area contributed by atoms with Gasteiger partial charge in [-0.25, -0.2) is 8.42 Å². The molecule has 1 aliphatic heterocycles. The van der Waals surface area contributed by atoms with Crippen molar-refractivity contribution >= 4 is 27.6 Å². The van der Waals surface area contributed by atoms with Gasteiger partial charge in [0, 0.05) is 6.42 Å². The smallest absolute Gasteiger partial charge is 0.310 e. The summed E-state index contributed by atoms with van der Waals surface area (Å²) in [6, 6.07) is 0. The maximum Gasteiger partial charge on any atom is 0.310 e. The third kappa shape index (κ3) is 3.83. The van der Waals surface area contributed by atoms with Crippen molar-refractivity contribution < 1.29 is 17.9 Å².